The van der Waals surface area contributed by atoms with E-state index in [2.05, 4.69) is 0 Å². The van der Waals surface area contributed by atoms with Gasteiger partial charge in [0.15, 0.2) is 0 Å². The zero-order valence-electron chi connectivity index (χ0n) is 14.7. The minimum absolute atomic E-state index is 0.00997. The van der Waals surface area contributed by atoms with Gasteiger partial charge in [0, 0.05) is 11.8 Å². The van der Waals surface area contributed by atoms with E-state index in [0.717, 1.165) is 29.2 Å². The quantitative estimate of drug-likeness (QED) is 0.540. The molecule has 9 heteroatoms. The number of alkyl halides is 3. The van der Waals surface area contributed by atoms with E-state index in [1.54, 1.807) is 0 Å². The predicted octanol–water partition coefficient (Wildman–Crippen LogP) is 4.12. The number of carbonyl (C=O) groups excluding carboxylic acids is 2. The standard InChI is InChI=1S/C19H16F5NO3/c1-2-28-18(27)11-25(15-5-3-4-13(9-15)19(22,23)24)17(26)8-12-6-7-14(20)10-16(12)21/h3-7,9-10H,2,8,11H2,1H3. The van der Waals surface area contributed by atoms with Crippen LogP contribution >= 0.6 is 0 Å². The van der Waals surface area contributed by atoms with Crippen molar-refractivity contribution in [1.29, 1.82) is 0 Å². The van der Waals surface area contributed by atoms with Gasteiger partial charge in [0.2, 0.25) is 5.91 Å². The molecule has 0 unspecified atom stereocenters. The second-order valence-corrected chi connectivity index (χ2v) is 5.75. The summed E-state index contributed by atoms with van der Waals surface area (Å²) >= 11 is 0. The van der Waals surface area contributed by atoms with Crippen LogP contribution in [0.4, 0.5) is 27.6 Å². The Morgan fingerprint density at radius 3 is 2.39 bits per heavy atom. The van der Waals surface area contributed by atoms with Gasteiger partial charge in [0.05, 0.1) is 18.6 Å². The lowest BCUT2D eigenvalue weighted by Gasteiger charge is -2.23. The highest BCUT2D eigenvalue weighted by Gasteiger charge is 2.31. The highest BCUT2D eigenvalue weighted by atomic mass is 19.4. The van der Waals surface area contributed by atoms with Crippen molar-refractivity contribution in [2.24, 2.45) is 0 Å². The van der Waals surface area contributed by atoms with Crippen LogP contribution in [0.1, 0.15) is 18.1 Å². The third-order valence-corrected chi connectivity index (χ3v) is 3.74. The Balaban J connectivity index is 2.36. The largest absolute Gasteiger partial charge is 0.465 e. The summed E-state index contributed by atoms with van der Waals surface area (Å²) in [5.74, 6) is -3.51. The van der Waals surface area contributed by atoms with Crippen LogP contribution in [-0.2, 0) is 26.9 Å². The van der Waals surface area contributed by atoms with E-state index in [1.165, 1.54) is 13.0 Å². The molecule has 0 N–H and O–H groups in total. The highest BCUT2D eigenvalue weighted by molar-refractivity contribution is 5.98. The predicted molar refractivity (Wildman–Crippen MR) is 90.5 cm³/mol. The Morgan fingerprint density at radius 2 is 1.79 bits per heavy atom. The molecular formula is C19H16F5NO3. The van der Waals surface area contributed by atoms with Crippen molar-refractivity contribution >= 4 is 17.6 Å². The first-order valence-electron chi connectivity index (χ1n) is 8.19. The van der Waals surface area contributed by atoms with Gasteiger partial charge in [-0.1, -0.05) is 12.1 Å². The Kier molecular flexibility index (Phi) is 6.71. The fourth-order valence-corrected chi connectivity index (χ4v) is 2.43. The molecule has 0 aliphatic heterocycles. The zero-order chi connectivity index (χ0) is 20.9. The molecule has 2 aromatic rings. The molecular weight excluding hydrogens is 385 g/mol. The molecule has 28 heavy (non-hydrogen) atoms. The molecule has 0 bridgehead atoms. The van der Waals surface area contributed by atoms with Gasteiger partial charge >= 0.3 is 12.1 Å². The number of carbonyl (C=O) groups is 2. The molecule has 4 nitrogen and oxygen atoms in total. The van der Waals surface area contributed by atoms with Gasteiger partial charge < -0.3 is 9.64 Å². The number of halogens is 5. The van der Waals surface area contributed by atoms with Gasteiger partial charge in [-0.15, -0.1) is 0 Å². The molecule has 2 aromatic carbocycles. The molecule has 0 heterocycles. The number of benzene rings is 2. The number of amides is 1. The van der Waals surface area contributed by atoms with E-state index in [0.29, 0.717) is 12.1 Å². The van der Waals surface area contributed by atoms with E-state index in [1.807, 2.05) is 0 Å². The Morgan fingerprint density at radius 1 is 1.07 bits per heavy atom. The number of hydrogen-bond acceptors (Lipinski definition) is 3. The molecule has 150 valence electrons. The van der Waals surface area contributed by atoms with Gasteiger partial charge in [0.1, 0.15) is 18.2 Å². The van der Waals surface area contributed by atoms with Crippen LogP contribution in [0.15, 0.2) is 42.5 Å². The van der Waals surface area contributed by atoms with Crippen LogP contribution in [0.3, 0.4) is 0 Å². The molecule has 0 atom stereocenters. The summed E-state index contributed by atoms with van der Waals surface area (Å²) < 4.78 is 70.5. The minimum atomic E-state index is -4.66. The summed E-state index contributed by atoms with van der Waals surface area (Å²) in [6.45, 7) is 0.884. The average molecular weight is 401 g/mol. The zero-order valence-corrected chi connectivity index (χ0v) is 14.7. The van der Waals surface area contributed by atoms with Crippen molar-refractivity contribution in [3.8, 4) is 0 Å². The first-order chi connectivity index (χ1) is 13.1. The van der Waals surface area contributed by atoms with E-state index in [9.17, 15) is 31.5 Å². The topological polar surface area (TPSA) is 46.6 Å². The summed E-state index contributed by atoms with van der Waals surface area (Å²) in [5.41, 5.74) is -1.37. The Bertz CT molecular complexity index is 867. The van der Waals surface area contributed by atoms with Crippen LogP contribution in [0.25, 0.3) is 0 Å². The number of anilines is 1. The lowest BCUT2D eigenvalue weighted by Crippen LogP contribution is -2.38. The monoisotopic (exact) mass is 401 g/mol. The van der Waals surface area contributed by atoms with Crippen molar-refractivity contribution in [1.82, 2.24) is 0 Å². The molecule has 0 saturated carbocycles. The number of hydrogen-bond donors (Lipinski definition) is 0. The van der Waals surface area contributed by atoms with Crippen LogP contribution in [0.2, 0.25) is 0 Å². The second kappa shape index (κ2) is 8.81. The maximum absolute atomic E-state index is 13.8. The van der Waals surface area contributed by atoms with Gasteiger partial charge in [-0.2, -0.15) is 13.2 Å². The smallest absolute Gasteiger partial charge is 0.416 e. The number of nitrogens with zero attached hydrogens (tertiary/aromatic N) is 1. The maximum atomic E-state index is 13.8. The SMILES string of the molecule is CCOC(=O)CN(C(=O)Cc1ccc(F)cc1F)c1cccc(C(F)(F)F)c1. The van der Waals surface area contributed by atoms with E-state index >= 15 is 0 Å². The van der Waals surface area contributed by atoms with Crippen LogP contribution in [-0.4, -0.2) is 25.0 Å². The fraction of sp³-hybridized carbons (Fsp3) is 0.263. The van der Waals surface area contributed by atoms with Gasteiger partial charge in [-0.3, -0.25) is 9.59 Å². The van der Waals surface area contributed by atoms with Gasteiger partial charge in [0.25, 0.3) is 0 Å². The molecule has 0 radical (unpaired) electrons. The highest BCUT2D eigenvalue weighted by Crippen LogP contribution is 2.32. The normalized spacial score (nSPS) is 11.2. The molecule has 0 spiro atoms. The van der Waals surface area contributed by atoms with Crippen molar-refractivity contribution < 1.29 is 36.3 Å². The third kappa shape index (κ3) is 5.51. The van der Waals surface area contributed by atoms with E-state index < -0.39 is 48.2 Å². The molecule has 0 saturated heterocycles. The van der Waals surface area contributed by atoms with E-state index in [4.69, 9.17) is 4.74 Å². The molecule has 2 rings (SSSR count). The molecule has 1 amide bonds. The van der Waals surface area contributed by atoms with Gasteiger partial charge in [-0.05, 0) is 36.8 Å². The van der Waals surface area contributed by atoms with Crippen molar-refractivity contribution in [2.45, 2.75) is 19.5 Å². The Hall–Kier alpha value is -2.97. The fourth-order valence-electron chi connectivity index (χ4n) is 2.43. The van der Waals surface area contributed by atoms with Crippen molar-refractivity contribution in [2.75, 3.05) is 18.1 Å². The first-order valence-corrected chi connectivity index (χ1v) is 8.19. The van der Waals surface area contributed by atoms with Crippen molar-refractivity contribution in [3.63, 3.8) is 0 Å². The summed E-state index contributed by atoms with van der Waals surface area (Å²) in [6.07, 6.45) is -5.24. The molecule has 0 aromatic heterocycles. The van der Waals surface area contributed by atoms with Crippen LogP contribution < -0.4 is 4.90 Å². The number of rotatable bonds is 6. The molecule has 0 fully saturated rings. The number of ether oxygens (including phenoxy) is 1. The van der Waals surface area contributed by atoms with Crippen LogP contribution in [0, 0.1) is 11.6 Å². The summed E-state index contributed by atoms with van der Waals surface area (Å²) in [4.78, 5) is 25.2. The maximum Gasteiger partial charge on any atom is 0.416 e. The van der Waals surface area contributed by atoms with Gasteiger partial charge in [-0.25, -0.2) is 8.78 Å². The summed E-state index contributed by atoms with van der Waals surface area (Å²) in [7, 11) is 0. The second-order valence-electron chi connectivity index (χ2n) is 5.75. The average Bonchev–Trinajstić information content (AvgIpc) is 2.61. The summed E-state index contributed by atoms with van der Waals surface area (Å²) in [6, 6.07) is 6.41. The molecule has 0 aliphatic carbocycles. The van der Waals surface area contributed by atoms with Crippen LogP contribution in [0.5, 0.6) is 0 Å². The minimum Gasteiger partial charge on any atom is -0.465 e. The summed E-state index contributed by atoms with van der Waals surface area (Å²) in [5, 5.41) is 0. The number of esters is 1. The lowest BCUT2D eigenvalue weighted by atomic mass is 10.1. The lowest BCUT2D eigenvalue weighted by molar-refractivity contribution is -0.142. The third-order valence-electron chi connectivity index (χ3n) is 3.74. The van der Waals surface area contributed by atoms with E-state index in [-0.39, 0.29) is 17.9 Å². The van der Waals surface area contributed by atoms with Crippen molar-refractivity contribution in [3.05, 3.63) is 65.2 Å². The first kappa shape index (κ1) is 21.3. The Labute approximate surface area is 157 Å². The molecule has 0 aliphatic rings.